The number of aromatic amines is 1. The van der Waals surface area contributed by atoms with Crippen LogP contribution in [-0.2, 0) is 51.1 Å². The minimum atomic E-state index is -1.02. The summed E-state index contributed by atoms with van der Waals surface area (Å²) in [5.74, 6) is -4.68. The summed E-state index contributed by atoms with van der Waals surface area (Å²) in [5, 5.41) is 11.9. The highest BCUT2D eigenvalue weighted by Gasteiger charge is 2.34. The van der Waals surface area contributed by atoms with E-state index in [0.717, 1.165) is 5.56 Å². The third-order valence-electron chi connectivity index (χ3n) is 10.5. The number of aromatic nitrogens is 2. The van der Waals surface area contributed by atoms with Crippen LogP contribution in [0.4, 0.5) is 0 Å². The van der Waals surface area contributed by atoms with Crippen molar-refractivity contribution >= 4 is 41.0 Å². The third kappa shape index (κ3) is 23.1. The zero-order chi connectivity index (χ0) is 47.3. The summed E-state index contributed by atoms with van der Waals surface area (Å²) < 4.78 is 11.0. The van der Waals surface area contributed by atoms with Crippen LogP contribution < -0.4 is 38.5 Å². The molecule has 0 bridgehead atoms. The van der Waals surface area contributed by atoms with E-state index in [2.05, 4.69) is 36.2 Å². The number of hydrogen-bond donors (Lipinski definition) is 8. The standard InChI is InChI=1S/C46H76N10O8/c1-6-13-39(57)38(24-33-14-8-7-9-15-33)55-45(62)35(25-36-28-50-30-53-36)27-41(59)43(31(2)3)56-44(61)34(16-12-19-52-46(48)49)26-40(58)37(17-10-11-18-47)54-42(60)29-64-23-22-63-21-20-51-32(4)5/h7-9,14-15,28,30-32,34-35,37-38,43,51H,6,10-13,16-27,29,47H2,1-5H3,(H,50,53)(H,54,60)(H,55,62)(H,56,61)(H4,48,49,52)/t34-,35-,37+,38+,43+/m1/s1. The Balaban J connectivity index is 2.26. The molecule has 3 amide bonds. The maximum atomic E-state index is 14.3. The summed E-state index contributed by atoms with van der Waals surface area (Å²) in [5.41, 5.74) is 18.3. The van der Waals surface area contributed by atoms with Gasteiger partial charge in [-0.3, -0.25) is 33.8 Å². The van der Waals surface area contributed by atoms with Crippen LogP contribution in [0, 0.1) is 17.8 Å². The molecule has 1 heterocycles. The van der Waals surface area contributed by atoms with Gasteiger partial charge in [-0.05, 0) is 63.0 Å². The van der Waals surface area contributed by atoms with Crippen molar-refractivity contribution in [2.24, 2.45) is 39.9 Å². The molecule has 0 radical (unpaired) electrons. The van der Waals surface area contributed by atoms with Gasteiger partial charge in [0.2, 0.25) is 17.7 Å². The number of Topliss-reactive ketones (excluding diaryl/α,β-unsaturated/α-hetero) is 3. The van der Waals surface area contributed by atoms with Crippen LogP contribution in [0.25, 0.3) is 0 Å². The van der Waals surface area contributed by atoms with Gasteiger partial charge in [-0.1, -0.05) is 65.0 Å². The molecule has 0 aliphatic rings. The zero-order valence-corrected chi connectivity index (χ0v) is 38.7. The number of guanidine groups is 1. The molecule has 18 heteroatoms. The van der Waals surface area contributed by atoms with E-state index in [1.807, 2.05) is 51.1 Å². The van der Waals surface area contributed by atoms with Gasteiger partial charge >= 0.3 is 0 Å². The summed E-state index contributed by atoms with van der Waals surface area (Å²) in [6, 6.07) is 7.01. The lowest BCUT2D eigenvalue weighted by Crippen LogP contribution is -2.50. The van der Waals surface area contributed by atoms with Gasteiger partial charge in [-0.2, -0.15) is 0 Å². The number of ether oxygens (including phenoxy) is 2. The van der Waals surface area contributed by atoms with Crippen LogP contribution in [0.1, 0.15) is 104 Å². The molecule has 0 saturated heterocycles. The van der Waals surface area contributed by atoms with Crippen LogP contribution in [0.2, 0.25) is 0 Å². The summed E-state index contributed by atoms with van der Waals surface area (Å²) in [7, 11) is 0. The van der Waals surface area contributed by atoms with Crippen molar-refractivity contribution in [1.29, 1.82) is 0 Å². The Bertz CT molecular complexity index is 1700. The van der Waals surface area contributed by atoms with E-state index in [4.69, 9.17) is 26.7 Å². The molecule has 0 aliphatic heterocycles. The van der Waals surface area contributed by atoms with Gasteiger partial charge in [0.1, 0.15) is 6.61 Å². The fraction of sp³-hybridized carbons (Fsp3) is 0.652. The Kier molecular flexibility index (Phi) is 27.3. The molecule has 18 nitrogen and oxygen atoms in total. The number of unbranched alkanes of at least 4 members (excludes halogenated alkanes) is 1. The Morgan fingerprint density at radius 3 is 2.12 bits per heavy atom. The number of carbonyl (C=O) groups excluding carboxylic acids is 6. The van der Waals surface area contributed by atoms with Crippen molar-refractivity contribution in [3.8, 4) is 0 Å². The number of nitrogens with one attached hydrogen (secondary N) is 5. The molecular formula is C46H76N10O8. The molecule has 64 heavy (non-hydrogen) atoms. The van der Waals surface area contributed by atoms with Crippen LogP contribution in [0.3, 0.4) is 0 Å². The highest BCUT2D eigenvalue weighted by Crippen LogP contribution is 2.20. The first-order valence-electron chi connectivity index (χ1n) is 22.8. The first kappa shape index (κ1) is 55.1. The second-order valence-corrected chi connectivity index (χ2v) is 16.8. The number of nitrogens with zero attached hydrogens (tertiary/aromatic N) is 2. The smallest absolute Gasteiger partial charge is 0.246 e. The van der Waals surface area contributed by atoms with Crippen LogP contribution >= 0.6 is 0 Å². The number of ketones is 3. The molecule has 0 unspecified atom stereocenters. The molecule has 0 fully saturated rings. The van der Waals surface area contributed by atoms with Crippen LogP contribution in [0.15, 0.2) is 47.8 Å². The number of amides is 3. The van der Waals surface area contributed by atoms with Crippen LogP contribution in [0.5, 0.6) is 0 Å². The van der Waals surface area contributed by atoms with Crippen molar-refractivity contribution in [3.05, 3.63) is 54.1 Å². The Morgan fingerprint density at radius 1 is 0.781 bits per heavy atom. The molecule has 0 aliphatic carbocycles. The maximum Gasteiger partial charge on any atom is 0.246 e. The topological polar surface area (TPSA) is 288 Å². The van der Waals surface area contributed by atoms with Crippen molar-refractivity contribution in [2.75, 3.05) is 46.1 Å². The molecule has 2 rings (SSSR count). The highest BCUT2D eigenvalue weighted by atomic mass is 16.5. The Morgan fingerprint density at radius 2 is 1.48 bits per heavy atom. The molecule has 0 spiro atoms. The summed E-state index contributed by atoms with van der Waals surface area (Å²) in [6.07, 6.45) is 5.92. The largest absolute Gasteiger partial charge is 0.378 e. The number of H-pyrrole nitrogens is 1. The number of rotatable bonds is 36. The highest BCUT2D eigenvalue weighted by molar-refractivity contribution is 5.96. The number of nitrogens with two attached hydrogens (primary N) is 3. The predicted octanol–water partition coefficient (Wildman–Crippen LogP) is 2.04. The Hall–Kier alpha value is -5.04. The average Bonchev–Trinajstić information content (AvgIpc) is 3.77. The zero-order valence-electron chi connectivity index (χ0n) is 38.7. The first-order valence-corrected chi connectivity index (χ1v) is 22.8. The fourth-order valence-corrected chi connectivity index (χ4v) is 7.09. The summed E-state index contributed by atoms with van der Waals surface area (Å²) in [6.45, 7) is 11.6. The van der Waals surface area contributed by atoms with Crippen molar-refractivity contribution < 1.29 is 38.2 Å². The lowest BCUT2D eigenvalue weighted by atomic mass is 9.87. The second kappa shape index (κ2) is 31.7. The minimum Gasteiger partial charge on any atom is -0.378 e. The van der Waals surface area contributed by atoms with Crippen molar-refractivity contribution in [2.45, 2.75) is 129 Å². The molecule has 2 aromatic rings. The monoisotopic (exact) mass is 897 g/mol. The molecule has 5 atom stereocenters. The van der Waals surface area contributed by atoms with Gasteiger partial charge in [-0.15, -0.1) is 0 Å². The molecule has 0 saturated carbocycles. The van der Waals surface area contributed by atoms with Gasteiger partial charge in [0.15, 0.2) is 23.3 Å². The lowest BCUT2D eigenvalue weighted by Gasteiger charge is -2.27. The van der Waals surface area contributed by atoms with E-state index in [0.29, 0.717) is 76.6 Å². The lowest BCUT2D eigenvalue weighted by molar-refractivity contribution is -0.136. The second-order valence-electron chi connectivity index (χ2n) is 16.8. The van der Waals surface area contributed by atoms with E-state index in [9.17, 15) is 28.8 Å². The molecule has 11 N–H and O–H groups in total. The average molecular weight is 897 g/mol. The third-order valence-corrected chi connectivity index (χ3v) is 10.5. The number of carbonyl (C=O) groups is 6. The number of benzene rings is 1. The van der Waals surface area contributed by atoms with Gasteiger partial charge in [0.05, 0.1) is 50.2 Å². The van der Waals surface area contributed by atoms with Gasteiger partial charge in [0, 0.05) is 62.6 Å². The summed E-state index contributed by atoms with van der Waals surface area (Å²) >= 11 is 0. The van der Waals surface area contributed by atoms with Gasteiger partial charge < -0.3 is 52.9 Å². The fourth-order valence-electron chi connectivity index (χ4n) is 7.09. The van der Waals surface area contributed by atoms with E-state index in [1.165, 1.54) is 6.33 Å². The number of hydrogen-bond acceptors (Lipinski definition) is 12. The summed E-state index contributed by atoms with van der Waals surface area (Å²) in [4.78, 5) is 93.8. The van der Waals surface area contributed by atoms with E-state index in [1.54, 1.807) is 20.0 Å². The predicted molar refractivity (Wildman–Crippen MR) is 247 cm³/mol. The van der Waals surface area contributed by atoms with Gasteiger partial charge in [0.25, 0.3) is 0 Å². The van der Waals surface area contributed by atoms with E-state index in [-0.39, 0.29) is 69.4 Å². The SMILES string of the molecule is CCCC(=O)[C@H](Cc1ccccc1)NC(=O)[C@@H](CC(=O)[C@@H](NC(=O)[C@H](CCCN=C(N)N)CC(=O)[C@H](CCCCN)NC(=O)COCCOCCNC(C)C)C(C)C)Cc1cnc[nH]1. The number of imidazole rings is 1. The molecule has 1 aromatic heterocycles. The quantitative estimate of drug-likeness (QED) is 0.0277. The van der Waals surface area contributed by atoms with Crippen molar-refractivity contribution in [1.82, 2.24) is 31.2 Å². The normalized spacial score (nSPS) is 13.7. The van der Waals surface area contributed by atoms with E-state index < -0.39 is 59.4 Å². The van der Waals surface area contributed by atoms with Gasteiger partial charge in [-0.25, -0.2) is 4.98 Å². The first-order chi connectivity index (χ1) is 30.6. The van der Waals surface area contributed by atoms with Crippen molar-refractivity contribution in [3.63, 3.8) is 0 Å². The molecule has 358 valence electrons. The van der Waals surface area contributed by atoms with E-state index >= 15 is 0 Å². The molecule has 1 aromatic carbocycles. The number of aliphatic imine (C=N–C) groups is 1. The Labute approximate surface area is 379 Å². The molecular weight excluding hydrogens is 821 g/mol. The van der Waals surface area contributed by atoms with Crippen LogP contribution in [-0.4, -0.2) is 121 Å². The minimum absolute atomic E-state index is 0.111. The maximum absolute atomic E-state index is 14.3.